The highest BCUT2D eigenvalue weighted by Gasteiger charge is 2.23. The minimum Gasteiger partial charge on any atom is -0.480 e. The zero-order chi connectivity index (χ0) is 23.9. The lowest BCUT2D eigenvalue weighted by Crippen LogP contribution is -2.41. The normalized spacial score (nSPS) is 13.3. The summed E-state index contributed by atoms with van der Waals surface area (Å²) in [4.78, 5) is 23.6. The molecule has 0 aromatic rings. The van der Waals surface area contributed by atoms with Gasteiger partial charge in [0.2, 0.25) is 5.91 Å². The van der Waals surface area contributed by atoms with Crippen LogP contribution in [0.1, 0.15) is 123 Å². The van der Waals surface area contributed by atoms with E-state index in [2.05, 4.69) is 37.6 Å². The Balaban J connectivity index is 3.66. The molecule has 0 saturated carbocycles. The quantitative estimate of drug-likeness (QED) is 0.0956. The summed E-state index contributed by atoms with van der Waals surface area (Å²) in [6, 6.07) is -0.734. The SMILES string of the molecule is CCCCCCCC/C=C\CCCCCCCC(=O)N[C@H](CC[S+](C)CCCC)C(=O)O. The van der Waals surface area contributed by atoms with Crippen molar-refractivity contribution in [2.75, 3.05) is 17.8 Å². The molecule has 0 aliphatic carbocycles. The van der Waals surface area contributed by atoms with Crippen LogP contribution in [0.4, 0.5) is 0 Å². The van der Waals surface area contributed by atoms with Crippen molar-refractivity contribution in [2.24, 2.45) is 0 Å². The number of unbranched alkanes of at least 4 members (excludes halogenated alkanes) is 12. The molecule has 32 heavy (non-hydrogen) atoms. The monoisotopic (exact) mass is 470 g/mol. The van der Waals surface area contributed by atoms with Gasteiger partial charge in [-0.05, 0) is 49.4 Å². The maximum atomic E-state index is 12.1. The third-order valence-corrected chi connectivity index (χ3v) is 7.82. The number of rotatable bonds is 23. The summed E-state index contributed by atoms with van der Waals surface area (Å²) in [5, 5.41) is 12.1. The highest BCUT2D eigenvalue weighted by molar-refractivity contribution is 7.96. The van der Waals surface area contributed by atoms with Gasteiger partial charge >= 0.3 is 5.97 Å². The van der Waals surface area contributed by atoms with Crippen molar-refractivity contribution in [3.8, 4) is 0 Å². The van der Waals surface area contributed by atoms with Gasteiger partial charge in [-0.3, -0.25) is 4.79 Å². The van der Waals surface area contributed by atoms with Crippen LogP contribution in [-0.4, -0.2) is 40.8 Å². The van der Waals surface area contributed by atoms with Crippen molar-refractivity contribution < 1.29 is 14.7 Å². The van der Waals surface area contributed by atoms with E-state index in [0.29, 0.717) is 12.8 Å². The zero-order valence-electron chi connectivity index (χ0n) is 21.3. The molecule has 2 N–H and O–H groups in total. The molecule has 0 aromatic heterocycles. The predicted molar refractivity (Wildman–Crippen MR) is 142 cm³/mol. The Labute approximate surface area is 201 Å². The molecular formula is C27H52NO3S+. The Morgan fingerprint density at radius 3 is 1.88 bits per heavy atom. The van der Waals surface area contributed by atoms with Crippen LogP contribution >= 0.6 is 0 Å². The van der Waals surface area contributed by atoms with E-state index in [-0.39, 0.29) is 16.8 Å². The Kier molecular flexibility index (Phi) is 22.5. The standard InChI is InChI=1S/C27H51NO3S/c1-4-6-8-9-10-11-12-13-14-15-16-17-18-19-20-21-26(29)28-25(27(30)31)22-24-32(3)23-7-5-2/h13-14,25H,4-12,15-24H2,1-3H3,(H-,28,29,30,31)/p+1/b14-13-/t25-,32?/m1/s1. The van der Waals surface area contributed by atoms with Crippen molar-refractivity contribution >= 4 is 22.8 Å². The number of hydrogen-bond acceptors (Lipinski definition) is 2. The zero-order valence-corrected chi connectivity index (χ0v) is 22.2. The summed E-state index contributed by atoms with van der Waals surface area (Å²) in [6.45, 7) is 4.43. The maximum Gasteiger partial charge on any atom is 0.326 e. The van der Waals surface area contributed by atoms with Gasteiger partial charge in [-0.2, -0.15) is 0 Å². The summed E-state index contributed by atoms with van der Waals surface area (Å²) in [7, 11) is 0.243. The van der Waals surface area contributed by atoms with Gasteiger partial charge in [0.1, 0.15) is 17.5 Å². The average molecular weight is 471 g/mol. The number of carbonyl (C=O) groups excluding carboxylic acids is 1. The number of allylic oxidation sites excluding steroid dienone is 2. The molecule has 4 nitrogen and oxygen atoms in total. The Bertz CT molecular complexity index is 482. The van der Waals surface area contributed by atoms with Crippen LogP contribution in [0, 0.1) is 0 Å². The molecule has 0 aliphatic heterocycles. The number of carboxylic acids is 1. The number of amides is 1. The summed E-state index contributed by atoms with van der Waals surface area (Å²) in [5.74, 6) is 1.02. The Morgan fingerprint density at radius 2 is 1.31 bits per heavy atom. The molecule has 0 spiro atoms. The predicted octanol–water partition coefficient (Wildman–Crippen LogP) is 7.03. The van der Waals surface area contributed by atoms with Crippen LogP contribution in [0.5, 0.6) is 0 Å². The van der Waals surface area contributed by atoms with Crippen molar-refractivity contribution in [2.45, 2.75) is 129 Å². The van der Waals surface area contributed by atoms with Crippen molar-refractivity contribution in [3.05, 3.63) is 12.2 Å². The lowest BCUT2D eigenvalue weighted by atomic mass is 10.1. The largest absolute Gasteiger partial charge is 0.480 e. The molecule has 0 aromatic carbocycles. The fourth-order valence-corrected chi connectivity index (χ4v) is 5.32. The van der Waals surface area contributed by atoms with Crippen LogP contribution < -0.4 is 5.32 Å². The van der Waals surface area contributed by atoms with Crippen LogP contribution in [0.3, 0.4) is 0 Å². The second-order valence-electron chi connectivity index (χ2n) is 9.12. The van der Waals surface area contributed by atoms with Crippen LogP contribution in [0.15, 0.2) is 12.2 Å². The lowest BCUT2D eigenvalue weighted by molar-refractivity contribution is -0.141. The first-order valence-electron chi connectivity index (χ1n) is 13.3. The van der Waals surface area contributed by atoms with Crippen molar-refractivity contribution in [1.29, 1.82) is 0 Å². The van der Waals surface area contributed by atoms with Crippen molar-refractivity contribution in [3.63, 3.8) is 0 Å². The number of carbonyl (C=O) groups is 2. The highest BCUT2D eigenvalue weighted by atomic mass is 32.2. The average Bonchev–Trinajstić information content (AvgIpc) is 2.77. The maximum absolute atomic E-state index is 12.1. The molecule has 0 rings (SSSR count). The summed E-state index contributed by atoms with van der Waals surface area (Å²) >= 11 is 0. The molecule has 1 unspecified atom stereocenters. The van der Waals surface area contributed by atoms with Crippen LogP contribution in [0.25, 0.3) is 0 Å². The third kappa shape index (κ3) is 20.9. The summed E-state index contributed by atoms with van der Waals surface area (Å²) < 4.78 is 0. The van der Waals surface area contributed by atoms with E-state index in [9.17, 15) is 14.7 Å². The molecule has 0 aliphatic rings. The van der Waals surface area contributed by atoms with E-state index >= 15 is 0 Å². The molecule has 0 bridgehead atoms. The first kappa shape index (κ1) is 31.0. The number of nitrogens with one attached hydrogen (secondary N) is 1. The van der Waals surface area contributed by atoms with E-state index in [4.69, 9.17) is 0 Å². The molecule has 0 radical (unpaired) electrons. The van der Waals surface area contributed by atoms with Crippen molar-refractivity contribution in [1.82, 2.24) is 5.32 Å². The van der Waals surface area contributed by atoms with E-state index in [0.717, 1.165) is 37.2 Å². The molecule has 5 heteroatoms. The fraction of sp³-hybridized carbons (Fsp3) is 0.852. The van der Waals surface area contributed by atoms with E-state index in [1.165, 1.54) is 70.6 Å². The number of aliphatic carboxylic acids is 1. The molecule has 188 valence electrons. The number of carboxylic acid groups (broad SMARTS) is 1. The Hall–Kier alpha value is -0.970. The van der Waals surface area contributed by atoms with Gasteiger partial charge in [-0.1, -0.05) is 83.8 Å². The van der Waals surface area contributed by atoms with Crippen LogP contribution in [0.2, 0.25) is 0 Å². The Morgan fingerprint density at radius 1 is 0.781 bits per heavy atom. The van der Waals surface area contributed by atoms with Gasteiger partial charge in [0, 0.05) is 12.8 Å². The third-order valence-electron chi connectivity index (χ3n) is 5.90. The fourth-order valence-electron chi connectivity index (χ4n) is 3.69. The topological polar surface area (TPSA) is 66.4 Å². The highest BCUT2D eigenvalue weighted by Crippen LogP contribution is 2.10. The van der Waals surface area contributed by atoms with Crippen LogP contribution in [-0.2, 0) is 20.5 Å². The van der Waals surface area contributed by atoms with E-state index in [1.807, 2.05) is 0 Å². The first-order chi connectivity index (χ1) is 15.5. The van der Waals surface area contributed by atoms with E-state index < -0.39 is 12.0 Å². The molecule has 0 heterocycles. The van der Waals surface area contributed by atoms with Gasteiger partial charge < -0.3 is 10.4 Å². The molecule has 0 fully saturated rings. The van der Waals surface area contributed by atoms with E-state index in [1.54, 1.807) is 0 Å². The molecular weight excluding hydrogens is 418 g/mol. The smallest absolute Gasteiger partial charge is 0.326 e. The summed E-state index contributed by atoms with van der Waals surface area (Å²) in [6.07, 6.45) is 26.2. The van der Waals surface area contributed by atoms with Gasteiger partial charge in [0.15, 0.2) is 0 Å². The first-order valence-corrected chi connectivity index (χ1v) is 15.2. The summed E-state index contributed by atoms with van der Waals surface area (Å²) in [5.41, 5.74) is 0. The molecule has 1 amide bonds. The second-order valence-corrected chi connectivity index (χ2v) is 11.5. The van der Waals surface area contributed by atoms with Gasteiger partial charge in [-0.25, -0.2) is 4.79 Å². The van der Waals surface area contributed by atoms with Gasteiger partial charge in [-0.15, -0.1) is 0 Å². The van der Waals surface area contributed by atoms with Gasteiger partial charge in [0.25, 0.3) is 0 Å². The molecule has 0 saturated heterocycles. The molecule has 2 atom stereocenters. The minimum absolute atomic E-state index is 0.112. The lowest BCUT2D eigenvalue weighted by Gasteiger charge is -2.14. The second kappa shape index (κ2) is 23.2. The number of hydrogen-bond donors (Lipinski definition) is 2. The van der Waals surface area contributed by atoms with Gasteiger partial charge in [0.05, 0.1) is 6.26 Å². The minimum atomic E-state index is -0.907.